The quantitative estimate of drug-likeness (QED) is 0.166. The van der Waals surface area contributed by atoms with Crippen LogP contribution in [0.2, 0.25) is 0 Å². The molecule has 8 aromatic rings. The largest absolute Gasteiger partial charge is 0.310 e. The third-order valence-electron chi connectivity index (χ3n) is 11.8. The number of rotatable bonds is 6. The number of benzene rings is 8. The van der Waals surface area contributed by atoms with Crippen molar-refractivity contribution in [2.24, 2.45) is 0 Å². The maximum Gasteiger partial charge on any atom is 0.0506 e. The van der Waals surface area contributed by atoms with Gasteiger partial charge in [-0.05, 0) is 108 Å². The van der Waals surface area contributed by atoms with Gasteiger partial charge in [0.15, 0.2) is 0 Å². The van der Waals surface area contributed by atoms with E-state index >= 15 is 0 Å². The van der Waals surface area contributed by atoms with Crippen LogP contribution < -0.4 is 4.90 Å². The van der Waals surface area contributed by atoms with Crippen molar-refractivity contribution < 1.29 is 0 Å². The smallest absolute Gasteiger partial charge is 0.0506 e. The lowest BCUT2D eigenvalue weighted by atomic mass is 9.59. The summed E-state index contributed by atoms with van der Waals surface area (Å²) in [6.45, 7) is 6.87. The van der Waals surface area contributed by atoms with E-state index in [1.165, 1.54) is 78.0 Å². The van der Waals surface area contributed by atoms with Crippen molar-refractivity contribution in [3.05, 3.63) is 233 Å². The minimum atomic E-state index is 0.0887. The molecule has 0 amide bonds. The number of nitrogens with zero attached hydrogens (tertiary/aromatic N) is 1. The van der Waals surface area contributed by atoms with Crippen LogP contribution >= 0.6 is 0 Å². The Kier molecular flexibility index (Phi) is 7.92. The molecule has 11 rings (SSSR count). The van der Waals surface area contributed by atoms with Crippen molar-refractivity contribution in [2.75, 3.05) is 4.90 Å². The Morgan fingerprint density at radius 2 is 0.727 bits per heavy atom. The van der Waals surface area contributed by atoms with Crippen LogP contribution in [0.5, 0.6) is 0 Å². The summed E-state index contributed by atoms with van der Waals surface area (Å²) in [5.74, 6) is 0.235. The zero-order valence-corrected chi connectivity index (χ0v) is 31.6. The molecule has 0 heterocycles. The fourth-order valence-electron chi connectivity index (χ4n) is 9.16. The van der Waals surface area contributed by atoms with Crippen molar-refractivity contribution in [3.8, 4) is 33.4 Å². The van der Waals surface area contributed by atoms with E-state index in [1.807, 2.05) is 0 Å². The zero-order chi connectivity index (χ0) is 37.1. The fraction of sp³-hybridized carbons (Fsp3) is 0.111. The summed E-state index contributed by atoms with van der Waals surface area (Å²) in [5, 5.41) is 0. The maximum absolute atomic E-state index is 2.50. The molecule has 1 heteroatoms. The average Bonchev–Trinajstić information content (AvgIpc) is 3.24. The van der Waals surface area contributed by atoms with Crippen molar-refractivity contribution in [1.82, 2.24) is 0 Å². The minimum Gasteiger partial charge on any atom is -0.310 e. The highest BCUT2D eigenvalue weighted by Crippen LogP contribution is 2.61. The highest BCUT2D eigenvalue weighted by Gasteiger charge is 2.44. The molecule has 1 nitrogen and oxygen atoms in total. The predicted octanol–water partition coefficient (Wildman–Crippen LogP) is 14.4. The summed E-state index contributed by atoms with van der Waals surface area (Å²) in [6.07, 6.45) is 0. The Bertz CT molecular complexity index is 2520. The monoisotopic (exact) mass is 705 g/mol. The van der Waals surface area contributed by atoms with Gasteiger partial charge in [0, 0.05) is 23.2 Å². The molecule has 55 heavy (non-hydrogen) atoms. The predicted molar refractivity (Wildman–Crippen MR) is 231 cm³/mol. The van der Waals surface area contributed by atoms with Crippen LogP contribution in [-0.4, -0.2) is 0 Å². The van der Waals surface area contributed by atoms with E-state index in [0.717, 1.165) is 11.4 Å². The average molecular weight is 706 g/mol. The van der Waals surface area contributed by atoms with Gasteiger partial charge >= 0.3 is 0 Å². The van der Waals surface area contributed by atoms with Gasteiger partial charge in [0.2, 0.25) is 0 Å². The molecular formula is C54H43N. The minimum absolute atomic E-state index is 0.0887. The molecule has 264 valence electrons. The van der Waals surface area contributed by atoms with Gasteiger partial charge in [-0.25, -0.2) is 0 Å². The van der Waals surface area contributed by atoms with Crippen LogP contribution in [0.25, 0.3) is 33.4 Å². The van der Waals surface area contributed by atoms with Crippen LogP contribution in [0, 0.1) is 0 Å². The summed E-state index contributed by atoms with van der Waals surface area (Å²) in [5.41, 5.74) is 20.9. The maximum atomic E-state index is 2.50. The second-order valence-corrected chi connectivity index (χ2v) is 16.1. The molecule has 0 N–H and O–H groups in total. The molecule has 0 saturated heterocycles. The second kappa shape index (κ2) is 13.1. The molecule has 3 aliphatic carbocycles. The van der Waals surface area contributed by atoms with Gasteiger partial charge in [-0.15, -0.1) is 0 Å². The zero-order valence-electron chi connectivity index (χ0n) is 31.6. The van der Waals surface area contributed by atoms with Gasteiger partial charge in [-0.1, -0.05) is 185 Å². The van der Waals surface area contributed by atoms with E-state index in [0.29, 0.717) is 0 Å². The summed E-state index contributed by atoms with van der Waals surface area (Å²) >= 11 is 0. The SMILES string of the molecule is CC(C)(C)c1ccc(-c2ccc(N(c3ccc(-c4ccccc4)cc3)c3ccc(-c4ccccc4)cc3)c3c2C2c4ccccc4C3c3ccccc32)cc1. The molecular weight excluding hydrogens is 663 g/mol. The van der Waals surface area contributed by atoms with E-state index in [9.17, 15) is 0 Å². The molecule has 0 aliphatic heterocycles. The third-order valence-corrected chi connectivity index (χ3v) is 11.8. The highest BCUT2D eigenvalue weighted by atomic mass is 15.1. The van der Waals surface area contributed by atoms with Crippen LogP contribution in [-0.2, 0) is 5.41 Å². The standard InChI is InChI=1S/C54H43N/c1-54(2,3)41-28-22-40(23-29-41)44-34-35-49(53-51-47-20-12-10-18-45(47)50(52(44)53)46-19-11-13-21-48(46)51)55(42-30-24-38(25-31-42)36-14-6-4-7-15-36)43-32-26-39(27-33-43)37-16-8-5-9-17-37/h4-35,50-51H,1-3H3. The molecule has 0 fully saturated rings. The lowest BCUT2D eigenvalue weighted by molar-refractivity contribution is 0.590. The van der Waals surface area contributed by atoms with Gasteiger partial charge in [0.25, 0.3) is 0 Å². The fourth-order valence-corrected chi connectivity index (χ4v) is 9.16. The van der Waals surface area contributed by atoms with Crippen LogP contribution in [0.4, 0.5) is 17.1 Å². The summed E-state index contributed by atoms with van der Waals surface area (Å²) < 4.78 is 0. The molecule has 8 aromatic carbocycles. The molecule has 3 aliphatic rings. The second-order valence-electron chi connectivity index (χ2n) is 16.1. The van der Waals surface area contributed by atoms with Crippen molar-refractivity contribution in [3.63, 3.8) is 0 Å². The van der Waals surface area contributed by atoms with Gasteiger partial charge in [-0.3, -0.25) is 0 Å². The normalized spacial score (nSPS) is 15.2. The molecule has 0 aromatic heterocycles. The summed E-state index contributed by atoms with van der Waals surface area (Å²) in [6, 6.07) is 72.1. The Labute approximate surface area is 325 Å². The molecule has 0 atom stereocenters. The van der Waals surface area contributed by atoms with Gasteiger partial charge in [0.1, 0.15) is 0 Å². The summed E-state index contributed by atoms with van der Waals surface area (Å²) in [4.78, 5) is 2.50. The number of hydrogen-bond acceptors (Lipinski definition) is 1. The van der Waals surface area contributed by atoms with Crippen LogP contribution in [0.3, 0.4) is 0 Å². The van der Waals surface area contributed by atoms with Gasteiger partial charge in [0.05, 0.1) is 5.69 Å². The van der Waals surface area contributed by atoms with E-state index in [4.69, 9.17) is 0 Å². The molecule has 2 bridgehead atoms. The molecule has 0 spiro atoms. The first-order valence-electron chi connectivity index (χ1n) is 19.5. The van der Waals surface area contributed by atoms with E-state index in [1.54, 1.807) is 0 Å². The molecule has 0 unspecified atom stereocenters. The van der Waals surface area contributed by atoms with Crippen molar-refractivity contribution >= 4 is 17.1 Å². The third kappa shape index (κ3) is 5.62. The van der Waals surface area contributed by atoms with Gasteiger partial charge < -0.3 is 4.90 Å². The van der Waals surface area contributed by atoms with E-state index < -0.39 is 0 Å². The first kappa shape index (κ1) is 33.2. The Morgan fingerprint density at radius 1 is 0.345 bits per heavy atom. The van der Waals surface area contributed by atoms with E-state index in [-0.39, 0.29) is 17.3 Å². The lowest BCUT2D eigenvalue weighted by Gasteiger charge is -2.45. The van der Waals surface area contributed by atoms with Crippen LogP contribution in [0.1, 0.15) is 71.6 Å². The molecule has 0 radical (unpaired) electrons. The Balaban J connectivity index is 1.22. The number of anilines is 3. The topological polar surface area (TPSA) is 3.24 Å². The Hall–Kier alpha value is -6.44. The first-order valence-corrected chi connectivity index (χ1v) is 19.5. The molecule has 0 saturated carbocycles. The van der Waals surface area contributed by atoms with Gasteiger partial charge in [-0.2, -0.15) is 0 Å². The summed E-state index contributed by atoms with van der Waals surface area (Å²) in [7, 11) is 0. The first-order chi connectivity index (χ1) is 26.9. The van der Waals surface area contributed by atoms with Crippen molar-refractivity contribution in [2.45, 2.75) is 38.0 Å². The lowest BCUT2D eigenvalue weighted by Crippen LogP contribution is -2.30. The van der Waals surface area contributed by atoms with E-state index in [2.05, 4.69) is 220 Å². The van der Waals surface area contributed by atoms with Crippen LogP contribution in [0.15, 0.2) is 194 Å². The highest BCUT2D eigenvalue weighted by molar-refractivity contribution is 5.89. The Morgan fingerprint density at radius 3 is 1.16 bits per heavy atom. The number of hydrogen-bond donors (Lipinski definition) is 0. The van der Waals surface area contributed by atoms with Crippen molar-refractivity contribution in [1.29, 1.82) is 0 Å².